The van der Waals surface area contributed by atoms with Crippen LogP contribution in [0.1, 0.15) is 16.5 Å². The van der Waals surface area contributed by atoms with E-state index in [1.54, 1.807) is 11.0 Å². The van der Waals surface area contributed by atoms with Crippen molar-refractivity contribution in [2.24, 2.45) is 0 Å². The van der Waals surface area contributed by atoms with Crippen molar-refractivity contribution < 1.29 is 23.0 Å². The Balaban J connectivity index is 1.68. The van der Waals surface area contributed by atoms with Gasteiger partial charge in [0.25, 0.3) is 0 Å². The number of nitrogens with zero attached hydrogens (tertiary/aromatic N) is 1. The molecule has 2 aromatic carbocycles. The molecular formula is C17H13F2NO3S. The van der Waals surface area contributed by atoms with Crippen LogP contribution in [0, 0.1) is 11.6 Å². The maximum absolute atomic E-state index is 14.0. The summed E-state index contributed by atoms with van der Waals surface area (Å²) in [6.07, 6.45) is 0. The minimum absolute atomic E-state index is 0.00458. The molecule has 0 radical (unpaired) electrons. The van der Waals surface area contributed by atoms with Gasteiger partial charge in [-0.25, -0.2) is 8.78 Å². The molecular weight excluding hydrogens is 336 g/mol. The molecule has 1 unspecified atom stereocenters. The van der Waals surface area contributed by atoms with Gasteiger partial charge in [0.05, 0.1) is 12.3 Å². The van der Waals surface area contributed by atoms with Gasteiger partial charge in [0.1, 0.15) is 5.37 Å². The van der Waals surface area contributed by atoms with Gasteiger partial charge in [-0.15, -0.1) is 11.8 Å². The molecule has 4 rings (SSSR count). The summed E-state index contributed by atoms with van der Waals surface area (Å²) in [5.41, 5.74) is 0.957. The van der Waals surface area contributed by atoms with Gasteiger partial charge in [0, 0.05) is 11.1 Å². The second-order valence-corrected chi connectivity index (χ2v) is 6.55. The lowest BCUT2D eigenvalue weighted by Crippen LogP contribution is -2.28. The number of thioether (sulfide) groups is 1. The first-order valence-electron chi connectivity index (χ1n) is 7.37. The van der Waals surface area contributed by atoms with E-state index in [4.69, 9.17) is 9.47 Å². The normalized spacial score (nSPS) is 19.2. The molecule has 2 heterocycles. The summed E-state index contributed by atoms with van der Waals surface area (Å²) in [5.74, 6) is -0.435. The van der Waals surface area contributed by atoms with E-state index in [0.29, 0.717) is 11.5 Å². The number of benzene rings is 2. The Hall–Kier alpha value is -2.28. The number of halogens is 2. The number of hydrogen-bond acceptors (Lipinski definition) is 4. The molecule has 0 bridgehead atoms. The second kappa shape index (κ2) is 5.98. The SMILES string of the molecule is O=C1CSC(c2cccc3c2OCO3)N1Cc1cccc(F)c1F. The molecule has 0 aromatic heterocycles. The van der Waals surface area contributed by atoms with E-state index in [2.05, 4.69) is 0 Å². The standard InChI is InChI=1S/C17H13F2NO3S/c18-12-5-1-3-10(15(12)19)7-20-14(21)8-24-17(20)11-4-2-6-13-16(11)23-9-22-13/h1-6,17H,7-9H2. The molecule has 2 aliphatic heterocycles. The summed E-state index contributed by atoms with van der Waals surface area (Å²) in [6, 6.07) is 9.47. The van der Waals surface area contributed by atoms with Crippen molar-refractivity contribution in [3.05, 3.63) is 59.2 Å². The maximum atomic E-state index is 14.0. The lowest BCUT2D eigenvalue weighted by molar-refractivity contribution is -0.128. The van der Waals surface area contributed by atoms with Gasteiger partial charge in [-0.2, -0.15) is 0 Å². The first-order valence-corrected chi connectivity index (χ1v) is 8.42. The van der Waals surface area contributed by atoms with Gasteiger partial charge in [0.2, 0.25) is 12.7 Å². The number of hydrogen-bond donors (Lipinski definition) is 0. The topological polar surface area (TPSA) is 38.8 Å². The molecule has 0 saturated carbocycles. The van der Waals surface area contributed by atoms with Crippen molar-refractivity contribution in [2.45, 2.75) is 11.9 Å². The van der Waals surface area contributed by atoms with E-state index in [-0.39, 0.29) is 35.9 Å². The minimum atomic E-state index is -0.918. The molecule has 1 atom stereocenters. The Morgan fingerprint density at radius 1 is 1.17 bits per heavy atom. The fraction of sp³-hybridized carbons (Fsp3) is 0.235. The van der Waals surface area contributed by atoms with Gasteiger partial charge < -0.3 is 14.4 Å². The number of fused-ring (bicyclic) bond motifs is 1. The van der Waals surface area contributed by atoms with Crippen molar-refractivity contribution in [3.8, 4) is 11.5 Å². The predicted octanol–water partition coefficient (Wildman–Crippen LogP) is 3.47. The van der Waals surface area contributed by atoms with Crippen LogP contribution >= 0.6 is 11.8 Å². The predicted molar refractivity (Wildman–Crippen MR) is 84.7 cm³/mol. The van der Waals surface area contributed by atoms with Crippen LogP contribution in [0.4, 0.5) is 8.78 Å². The Kier molecular flexibility index (Phi) is 3.80. The number of para-hydroxylation sites is 1. The van der Waals surface area contributed by atoms with Gasteiger partial charge in [-0.1, -0.05) is 24.3 Å². The van der Waals surface area contributed by atoms with Crippen LogP contribution in [0.5, 0.6) is 11.5 Å². The highest BCUT2D eigenvalue weighted by molar-refractivity contribution is 8.00. The zero-order chi connectivity index (χ0) is 16.7. The van der Waals surface area contributed by atoms with Crippen LogP contribution in [0.2, 0.25) is 0 Å². The monoisotopic (exact) mass is 349 g/mol. The third-order valence-electron chi connectivity index (χ3n) is 4.03. The lowest BCUT2D eigenvalue weighted by atomic mass is 10.1. The van der Waals surface area contributed by atoms with Crippen LogP contribution in [0.15, 0.2) is 36.4 Å². The zero-order valence-corrected chi connectivity index (χ0v) is 13.3. The van der Waals surface area contributed by atoms with E-state index in [0.717, 1.165) is 11.6 Å². The molecule has 0 N–H and O–H groups in total. The molecule has 7 heteroatoms. The van der Waals surface area contributed by atoms with Crippen molar-refractivity contribution in [1.82, 2.24) is 4.90 Å². The molecule has 124 valence electrons. The Morgan fingerprint density at radius 3 is 2.88 bits per heavy atom. The van der Waals surface area contributed by atoms with Gasteiger partial charge in [0.15, 0.2) is 23.1 Å². The quantitative estimate of drug-likeness (QED) is 0.851. The smallest absolute Gasteiger partial charge is 0.234 e. The fourth-order valence-corrected chi connectivity index (χ4v) is 4.09. The number of amides is 1. The number of carbonyl (C=O) groups is 1. The highest BCUT2D eigenvalue weighted by Crippen LogP contribution is 2.47. The van der Waals surface area contributed by atoms with Gasteiger partial charge in [-0.05, 0) is 12.1 Å². The number of carbonyl (C=O) groups excluding carboxylic acids is 1. The maximum Gasteiger partial charge on any atom is 0.234 e. The summed E-state index contributed by atoms with van der Waals surface area (Å²) < 4.78 is 38.3. The fourth-order valence-electron chi connectivity index (χ4n) is 2.88. The Morgan fingerprint density at radius 2 is 2.00 bits per heavy atom. The van der Waals surface area contributed by atoms with E-state index in [9.17, 15) is 13.6 Å². The van der Waals surface area contributed by atoms with Crippen LogP contribution < -0.4 is 9.47 Å². The molecule has 1 fully saturated rings. The molecule has 0 aliphatic carbocycles. The van der Waals surface area contributed by atoms with Crippen molar-refractivity contribution in [3.63, 3.8) is 0 Å². The average molecular weight is 349 g/mol. The van der Waals surface area contributed by atoms with E-state index < -0.39 is 11.6 Å². The second-order valence-electron chi connectivity index (χ2n) is 5.48. The van der Waals surface area contributed by atoms with E-state index in [1.807, 2.05) is 12.1 Å². The van der Waals surface area contributed by atoms with Crippen molar-refractivity contribution in [1.29, 1.82) is 0 Å². The molecule has 1 amide bonds. The third kappa shape index (κ3) is 2.49. The Bertz CT molecular complexity index is 814. The first-order chi connectivity index (χ1) is 11.6. The molecule has 2 aliphatic rings. The average Bonchev–Trinajstić information content (AvgIpc) is 3.19. The largest absolute Gasteiger partial charge is 0.454 e. The lowest BCUT2D eigenvalue weighted by Gasteiger charge is -2.25. The number of rotatable bonds is 3. The summed E-state index contributed by atoms with van der Waals surface area (Å²) in [5, 5.41) is -0.322. The molecule has 1 saturated heterocycles. The summed E-state index contributed by atoms with van der Waals surface area (Å²) in [4.78, 5) is 13.8. The van der Waals surface area contributed by atoms with Crippen LogP contribution in [-0.4, -0.2) is 23.4 Å². The zero-order valence-electron chi connectivity index (χ0n) is 12.5. The van der Waals surface area contributed by atoms with Crippen LogP contribution in [0.3, 0.4) is 0 Å². The molecule has 2 aromatic rings. The highest BCUT2D eigenvalue weighted by atomic mass is 32.2. The van der Waals surface area contributed by atoms with E-state index >= 15 is 0 Å². The third-order valence-corrected chi connectivity index (χ3v) is 5.27. The van der Waals surface area contributed by atoms with Gasteiger partial charge >= 0.3 is 0 Å². The minimum Gasteiger partial charge on any atom is -0.454 e. The molecule has 24 heavy (non-hydrogen) atoms. The summed E-state index contributed by atoms with van der Waals surface area (Å²) in [7, 11) is 0. The highest BCUT2D eigenvalue weighted by Gasteiger charge is 2.36. The van der Waals surface area contributed by atoms with Crippen molar-refractivity contribution in [2.75, 3.05) is 12.5 Å². The van der Waals surface area contributed by atoms with Crippen LogP contribution in [-0.2, 0) is 11.3 Å². The molecule has 4 nitrogen and oxygen atoms in total. The Labute approximate surface area is 141 Å². The van der Waals surface area contributed by atoms with E-state index in [1.165, 1.54) is 23.9 Å². The number of ether oxygens (including phenoxy) is 2. The summed E-state index contributed by atoms with van der Waals surface area (Å²) in [6.45, 7) is 0.140. The van der Waals surface area contributed by atoms with Crippen molar-refractivity contribution >= 4 is 17.7 Å². The van der Waals surface area contributed by atoms with Gasteiger partial charge in [-0.3, -0.25) is 4.79 Å². The molecule has 0 spiro atoms. The summed E-state index contributed by atoms with van der Waals surface area (Å²) >= 11 is 1.43. The first kappa shape index (κ1) is 15.3. The van der Waals surface area contributed by atoms with Crippen LogP contribution in [0.25, 0.3) is 0 Å².